The van der Waals surface area contributed by atoms with Gasteiger partial charge in [-0.15, -0.1) is 11.8 Å². The number of amides is 1. The van der Waals surface area contributed by atoms with E-state index in [0.717, 1.165) is 53.0 Å². The summed E-state index contributed by atoms with van der Waals surface area (Å²) in [6.45, 7) is 4.37. The number of carbonyl (C=O) groups excluding carboxylic acids is 1. The number of thioether (sulfide) groups is 1. The van der Waals surface area contributed by atoms with Gasteiger partial charge in [-0.1, -0.05) is 37.3 Å². The highest BCUT2D eigenvalue weighted by Crippen LogP contribution is 2.32. The first kappa shape index (κ1) is 19.1. The molecule has 0 aliphatic carbocycles. The topological polar surface area (TPSA) is 25.2 Å². The van der Waals surface area contributed by atoms with Crippen molar-refractivity contribution >= 4 is 28.6 Å². The number of para-hydroxylation sites is 1. The van der Waals surface area contributed by atoms with E-state index >= 15 is 0 Å². The molecule has 5 heteroatoms. The van der Waals surface area contributed by atoms with Gasteiger partial charge in [0.1, 0.15) is 12.4 Å². The Morgan fingerprint density at radius 3 is 2.57 bits per heavy atom. The number of rotatable bonds is 5. The number of piperidine rings is 1. The monoisotopic (exact) mass is 396 g/mol. The Bertz CT molecular complexity index is 958. The third-order valence-electron chi connectivity index (χ3n) is 5.50. The van der Waals surface area contributed by atoms with Crippen molar-refractivity contribution in [3.05, 3.63) is 66.1 Å². The lowest BCUT2D eigenvalue weighted by Crippen LogP contribution is -2.39. The molecule has 4 rings (SSSR count). The first-order chi connectivity index (χ1) is 13.6. The Balaban J connectivity index is 1.51. The number of aromatic nitrogens is 1. The molecule has 0 N–H and O–H groups in total. The van der Waals surface area contributed by atoms with Crippen LogP contribution < -0.4 is 0 Å². The molecule has 146 valence electrons. The smallest absolute Gasteiger partial charge is 0.242 e. The summed E-state index contributed by atoms with van der Waals surface area (Å²) in [4.78, 5) is 16.0. The van der Waals surface area contributed by atoms with Crippen molar-refractivity contribution in [2.45, 2.75) is 37.0 Å². The number of fused-ring (bicyclic) bond motifs is 1. The zero-order valence-corrected chi connectivity index (χ0v) is 16.9. The van der Waals surface area contributed by atoms with Crippen LogP contribution in [0.5, 0.6) is 0 Å². The number of benzene rings is 2. The minimum Gasteiger partial charge on any atom is -0.341 e. The van der Waals surface area contributed by atoms with Crippen molar-refractivity contribution in [3.63, 3.8) is 0 Å². The summed E-state index contributed by atoms with van der Waals surface area (Å²) < 4.78 is 15.2. The molecule has 0 radical (unpaired) electrons. The number of nitrogens with zero attached hydrogens (tertiary/aromatic N) is 2. The van der Waals surface area contributed by atoms with Crippen LogP contribution in [-0.4, -0.2) is 28.5 Å². The second-order valence-electron chi connectivity index (χ2n) is 7.62. The average molecular weight is 397 g/mol. The van der Waals surface area contributed by atoms with Crippen LogP contribution in [0.2, 0.25) is 0 Å². The molecule has 1 aromatic heterocycles. The molecular weight excluding hydrogens is 371 g/mol. The molecule has 28 heavy (non-hydrogen) atoms. The van der Waals surface area contributed by atoms with Gasteiger partial charge >= 0.3 is 0 Å². The van der Waals surface area contributed by atoms with Crippen molar-refractivity contribution < 1.29 is 9.18 Å². The number of carbonyl (C=O) groups is 1. The van der Waals surface area contributed by atoms with Gasteiger partial charge in [-0.25, -0.2) is 4.39 Å². The molecule has 0 atom stereocenters. The SMILES string of the molecule is CC1CCN(C(=O)Cn2cc(SCc3ccc(F)cc3)c3ccccc32)CC1. The van der Waals surface area contributed by atoms with Crippen LogP contribution >= 0.6 is 11.8 Å². The van der Waals surface area contributed by atoms with E-state index in [0.29, 0.717) is 12.5 Å². The van der Waals surface area contributed by atoms with Crippen LogP contribution in [0.4, 0.5) is 4.39 Å². The second-order valence-corrected chi connectivity index (χ2v) is 8.63. The molecule has 0 unspecified atom stereocenters. The van der Waals surface area contributed by atoms with Crippen LogP contribution in [0.25, 0.3) is 10.9 Å². The van der Waals surface area contributed by atoms with Gasteiger partial charge in [-0.05, 0) is 42.5 Å². The average Bonchev–Trinajstić information content (AvgIpc) is 3.06. The van der Waals surface area contributed by atoms with Gasteiger partial charge in [0.05, 0.1) is 0 Å². The Hall–Kier alpha value is -2.27. The Kier molecular flexibility index (Phi) is 5.72. The molecule has 0 saturated carbocycles. The zero-order valence-electron chi connectivity index (χ0n) is 16.1. The number of halogens is 1. The van der Waals surface area contributed by atoms with Gasteiger partial charge in [0.2, 0.25) is 5.91 Å². The summed E-state index contributed by atoms with van der Waals surface area (Å²) >= 11 is 1.72. The molecule has 3 aromatic rings. The van der Waals surface area contributed by atoms with Gasteiger partial charge in [0.25, 0.3) is 0 Å². The van der Waals surface area contributed by atoms with E-state index in [1.54, 1.807) is 11.8 Å². The largest absolute Gasteiger partial charge is 0.341 e. The van der Waals surface area contributed by atoms with E-state index in [4.69, 9.17) is 0 Å². The lowest BCUT2D eigenvalue weighted by atomic mass is 9.99. The van der Waals surface area contributed by atoms with Crippen molar-refractivity contribution in [3.8, 4) is 0 Å². The molecule has 1 fully saturated rings. The van der Waals surface area contributed by atoms with Gasteiger partial charge in [-0.2, -0.15) is 0 Å². The molecule has 3 nitrogen and oxygen atoms in total. The second kappa shape index (κ2) is 8.39. The number of hydrogen-bond donors (Lipinski definition) is 0. The molecular formula is C23H25FN2OS. The van der Waals surface area contributed by atoms with Crippen LogP contribution in [0.1, 0.15) is 25.3 Å². The number of likely N-dealkylation sites (tertiary alicyclic amines) is 1. The van der Waals surface area contributed by atoms with Crippen LogP contribution in [-0.2, 0) is 17.1 Å². The quantitative estimate of drug-likeness (QED) is 0.545. The zero-order chi connectivity index (χ0) is 19.5. The van der Waals surface area contributed by atoms with Gasteiger partial charge < -0.3 is 9.47 Å². The summed E-state index contributed by atoms with van der Waals surface area (Å²) in [5, 5.41) is 1.16. The first-order valence-electron chi connectivity index (χ1n) is 9.83. The van der Waals surface area contributed by atoms with Crippen LogP contribution in [0.15, 0.2) is 59.6 Å². The molecule has 2 aromatic carbocycles. The van der Waals surface area contributed by atoms with Gasteiger partial charge in [-0.3, -0.25) is 4.79 Å². The van der Waals surface area contributed by atoms with Crippen molar-refractivity contribution in [2.24, 2.45) is 5.92 Å². The molecule has 0 spiro atoms. The molecule has 1 aliphatic heterocycles. The normalized spacial score (nSPS) is 15.3. The highest BCUT2D eigenvalue weighted by Gasteiger charge is 2.21. The predicted molar refractivity (Wildman–Crippen MR) is 113 cm³/mol. The maximum absolute atomic E-state index is 13.1. The minimum absolute atomic E-state index is 0.197. The molecule has 2 heterocycles. The standard InChI is InChI=1S/C23H25FN2OS/c1-17-10-12-25(13-11-17)23(27)15-26-14-22(20-4-2-3-5-21(20)26)28-16-18-6-8-19(24)9-7-18/h2-9,14,17H,10-13,15-16H2,1H3. The predicted octanol–water partition coefficient (Wildman–Crippen LogP) is 5.33. The fourth-order valence-corrected chi connectivity index (χ4v) is 4.75. The van der Waals surface area contributed by atoms with Crippen molar-refractivity contribution in [1.82, 2.24) is 9.47 Å². The minimum atomic E-state index is -0.212. The molecule has 1 amide bonds. The molecule has 1 aliphatic rings. The summed E-state index contributed by atoms with van der Waals surface area (Å²) in [6.07, 6.45) is 4.28. The van der Waals surface area contributed by atoms with Crippen LogP contribution in [0.3, 0.4) is 0 Å². The Morgan fingerprint density at radius 2 is 1.82 bits per heavy atom. The van der Waals surface area contributed by atoms with E-state index in [-0.39, 0.29) is 11.7 Å². The van der Waals surface area contributed by atoms with E-state index in [1.807, 2.05) is 29.2 Å². The van der Waals surface area contributed by atoms with E-state index in [9.17, 15) is 9.18 Å². The lowest BCUT2D eigenvalue weighted by Gasteiger charge is -2.30. The fraction of sp³-hybridized carbons (Fsp3) is 0.348. The molecule has 1 saturated heterocycles. The maximum Gasteiger partial charge on any atom is 0.242 e. The Labute approximate surface area is 169 Å². The van der Waals surface area contributed by atoms with E-state index < -0.39 is 0 Å². The Morgan fingerprint density at radius 1 is 1.11 bits per heavy atom. The van der Waals surface area contributed by atoms with E-state index in [1.165, 1.54) is 12.1 Å². The third kappa shape index (κ3) is 4.25. The van der Waals surface area contributed by atoms with E-state index in [2.05, 4.69) is 29.8 Å². The first-order valence-corrected chi connectivity index (χ1v) is 10.8. The maximum atomic E-state index is 13.1. The molecule has 0 bridgehead atoms. The fourth-order valence-electron chi connectivity index (χ4n) is 3.70. The summed E-state index contributed by atoms with van der Waals surface area (Å²) in [7, 11) is 0. The third-order valence-corrected chi connectivity index (χ3v) is 6.62. The summed E-state index contributed by atoms with van der Waals surface area (Å²) in [5.41, 5.74) is 2.17. The highest BCUT2D eigenvalue weighted by atomic mass is 32.2. The highest BCUT2D eigenvalue weighted by molar-refractivity contribution is 7.98. The van der Waals surface area contributed by atoms with Crippen molar-refractivity contribution in [1.29, 1.82) is 0 Å². The summed E-state index contributed by atoms with van der Waals surface area (Å²) in [5.74, 6) is 1.47. The van der Waals surface area contributed by atoms with Crippen LogP contribution in [0, 0.1) is 11.7 Å². The van der Waals surface area contributed by atoms with Crippen molar-refractivity contribution in [2.75, 3.05) is 13.1 Å². The lowest BCUT2D eigenvalue weighted by molar-refractivity contribution is -0.133. The van der Waals surface area contributed by atoms with Gasteiger partial charge in [0, 0.05) is 40.8 Å². The number of hydrogen-bond acceptors (Lipinski definition) is 2. The summed E-state index contributed by atoms with van der Waals surface area (Å²) in [6, 6.07) is 14.9. The van der Waals surface area contributed by atoms with Gasteiger partial charge in [0.15, 0.2) is 0 Å².